The van der Waals surface area contributed by atoms with Crippen molar-refractivity contribution >= 4 is 6.01 Å². The van der Waals surface area contributed by atoms with Crippen LogP contribution in [-0.2, 0) is 0 Å². The fourth-order valence-corrected chi connectivity index (χ4v) is 2.38. The maximum atomic E-state index is 4.44. The van der Waals surface area contributed by atoms with Crippen LogP contribution in [0.25, 0.3) is 0 Å². The lowest BCUT2D eigenvalue weighted by molar-refractivity contribution is 0.503. The summed E-state index contributed by atoms with van der Waals surface area (Å²) in [5, 5.41) is 0. The van der Waals surface area contributed by atoms with Crippen LogP contribution in [0.2, 0.25) is 0 Å². The Balaban J connectivity index is 2.51. The van der Waals surface area contributed by atoms with E-state index in [1.54, 1.807) is 0 Å². The van der Waals surface area contributed by atoms with E-state index in [4.69, 9.17) is 0 Å². The van der Waals surface area contributed by atoms with Crippen molar-refractivity contribution in [3.05, 3.63) is 22.9 Å². The third kappa shape index (κ3) is 1.68. The topological polar surface area (TPSA) is 24.7 Å². The summed E-state index contributed by atoms with van der Waals surface area (Å²) in [5.41, 5.74) is 3.81. The summed E-state index contributed by atoms with van der Waals surface area (Å²) in [4.78, 5) is 8.78. The van der Waals surface area contributed by atoms with Crippen LogP contribution in [0.15, 0.2) is 32.9 Å². The highest BCUT2D eigenvalue weighted by Gasteiger charge is 2.38. The summed E-state index contributed by atoms with van der Waals surface area (Å²) in [6, 6.07) is 2.81. The van der Waals surface area contributed by atoms with Gasteiger partial charge in [-0.1, -0.05) is 39.3 Å². The molecule has 1 aliphatic carbocycles. The van der Waals surface area contributed by atoms with Crippen molar-refractivity contribution in [1.82, 2.24) is 0 Å². The molecular formula is C14H20N2. The number of hydrogen-bond acceptors (Lipinski definition) is 2. The predicted octanol–water partition coefficient (Wildman–Crippen LogP) is 3.83. The molecule has 2 nitrogen and oxygen atoms in total. The van der Waals surface area contributed by atoms with Gasteiger partial charge in [0.25, 0.3) is 0 Å². The Morgan fingerprint density at radius 2 is 1.94 bits per heavy atom. The van der Waals surface area contributed by atoms with E-state index in [-0.39, 0.29) is 5.54 Å². The first-order valence-electron chi connectivity index (χ1n) is 6.07. The lowest BCUT2D eigenvalue weighted by atomic mass is 9.77. The van der Waals surface area contributed by atoms with E-state index >= 15 is 0 Å². The van der Waals surface area contributed by atoms with Gasteiger partial charge in [-0.05, 0) is 24.3 Å². The SMILES string of the molecule is CC(C)C1=CC(C(C)C)=C2N=C=NC2(C)C1. The summed E-state index contributed by atoms with van der Waals surface area (Å²) in [5.74, 6) is 1.09. The van der Waals surface area contributed by atoms with Gasteiger partial charge < -0.3 is 0 Å². The van der Waals surface area contributed by atoms with E-state index in [1.165, 1.54) is 11.1 Å². The van der Waals surface area contributed by atoms with Gasteiger partial charge in [-0.3, -0.25) is 0 Å². The average Bonchev–Trinajstić information content (AvgIpc) is 2.56. The molecule has 0 aromatic heterocycles. The molecule has 2 aliphatic rings. The smallest absolute Gasteiger partial charge is 0.115 e. The zero-order chi connectivity index (χ0) is 11.9. The van der Waals surface area contributed by atoms with Crippen LogP contribution in [0, 0.1) is 11.8 Å². The molecular weight excluding hydrogens is 196 g/mol. The zero-order valence-electron chi connectivity index (χ0n) is 10.8. The van der Waals surface area contributed by atoms with Gasteiger partial charge in [0.1, 0.15) is 5.54 Å². The van der Waals surface area contributed by atoms with Crippen molar-refractivity contribution < 1.29 is 0 Å². The van der Waals surface area contributed by atoms with E-state index in [0.29, 0.717) is 11.8 Å². The standard InChI is InChI=1S/C14H20N2/c1-9(2)11-6-12(10(3)4)13-14(5,7-11)16-8-15-13/h6,9-10H,7H2,1-5H3. The van der Waals surface area contributed by atoms with Crippen LogP contribution >= 0.6 is 0 Å². The Labute approximate surface area is 97.9 Å². The Morgan fingerprint density at radius 3 is 2.50 bits per heavy atom. The third-order valence-corrected chi connectivity index (χ3v) is 3.49. The molecule has 2 rings (SSSR count). The molecule has 16 heavy (non-hydrogen) atoms. The van der Waals surface area contributed by atoms with E-state index < -0.39 is 0 Å². The number of allylic oxidation sites excluding steroid dienone is 2. The number of aliphatic imine (C=N–C) groups is 2. The lowest BCUT2D eigenvalue weighted by Gasteiger charge is -2.31. The summed E-state index contributed by atoms with van der Waals surface area (Å²) in [6.07, 6.45) is 3.32. The summed E-state index contributed by atoms with van der Waals surface area (Å²) < 4.78 is 0. The number of nitrogens with zero attached hydrogens (tertiary/aromatic N) is 2. The molecule has 0 radical (unpaired) electrons. The maximum absolute atomic E-state index is 4.44. The Morgan fingerprint density at radius 1 is 1.25 bits per heavy atom. The lowest BCUT2D eigenvalue weighted by Crippen LogP contribution is -2.28. The van der Waals surface area contributed by atoms with E-state index in [1.807, 2.05) is 0 Å². The van der Waals surface area contributed by atoms with Crippen molar-refractivity contribution in [2.45, 2.75) is 46.6 Å². The van der Waals surface area contributed by atoms with Gasteiger partial charge in [0.05, 0.1) is 11.7 Å². The molecule has 1 aliphatic heterocycles. The van der Waals surface area contributed by atoms with Crippen LogP contribution in [0.1, 0.15) is 41.0 Å². The van der Waals surface area contributed by atoms with Gasteiger partial charge in [0.15, 0.2) is 0 Å². The van der Waals surface area contributed by atoms with Crippen molar-refractivity contribution in [2.24, 2.45) is 21.8 Å². The molecule has 0 bridgehead atoms. The highest BCUT2D eigenvalue weighted by molar-refractivity contribution is 5.57. The predicted molar refractivity (Wildman–Crippen MR) is 67.7 cm³/mol. The van der Waals surface area contributed by atoms with E-state index in [2.05, 4.69) is 56.7 Å². The molecule has 1 atom stereocenters. The minimum atomic E-state index is -0.145. The van der Waals surface area contributed by atoms with Crippen molar-refractivity contribution in [3.63, 3.8) is 0 Å². The fraction of sp³-hybridized carbons (Fsp3) is 0.643. The van der Waals surface area contributed by atoms with Gasteiger partial charge >= 0.3 is 0 Å². The quantitative estimate of drug-likeness (QED) is 0.670. The van der Waals surface area contributed by atoms with Gasteiger partial charge in [0, 0.05) is 6.42 Å². The molecule has 1 unspecified atom stereocenters. The second kappa shape index (κ2) is 3.71. The molecule has 1 heterocycles. The highest BCUT2D eigenvalue weighted by atomic mass is 15.0. The summed E-state index contributed by atoms with van der Waals surface area (Å²) in [6.45, 7) is 11.1. The second-order valence-electron chi connectivity index (χ2n) is 5.61. The second-order valence-corrected chi connectivity index (χ2v) is 5.61. The number of rotatable bonds is 2. The normalized spacial score (nSPS) is 28.1. The summed E-state index contributed by atoms with van der Waals surface area (Å²) in [7, 11) is 0. The molecule has 0 fully saturated rings. The molecule has 0 saturated heterocycles. The average molecular weight is 216 g/mol. The Bertz CT molecular complexity index is 432. The molecule has 0 amide bonds. The molecule has 0 saturated carbocycles. The maximum Gasteiger partial charge on any atom is 0.115 e. The van der Waals surface area contributed by atoms with Crippen LogP contribution < -0.4 is 0 Å². The van der Waals surface area contributed by atoms with Gasteiger partial charge in [-0.15, -0.1) is 0 Å². The molecule has 0 spiro atoms. The van der Waals surface area contributed by atoms with Gasteiger partial charge in [-0.2, -0.15) is 4.99 Å². The van der Waals surface area contributed by atoms with Crippen LogP contribution in [0.4, 0.5) is 0 Å². The molecule has 2 heteroatoms. The monoisotopic (exact) mass is 216 g/mol. The van der Waals surface area contributed by atoms with Crippen molar-refractivity contribution in [3.8, 4) is 0 Å². The molecule has 86 valence electrons. The third-order valence-electron chi connectivity index (χ3n) is 3.49. The largest absolute Gasteiger partial charge is 0.212 e. The number of hydrogen-bond donors (Lipinski definition) is 0. The molecule has 0 aromatic carbocycles. The van der Waals surface area contributed by atoms with Gasteiger partial charge in [0.2, 0.25) is 0 Å². The Hall–Kier alpha value is -1.14. The van der Waals surface area contributed by atoms with Gasteiger partial charge in [-0.25, -0.2) is 4.99 Å². The van der Waals surface area contributed by atoms with Crippen LogP contribution in [-0.4, -0.2) is 11.5 Å². The Kier molecular flexibility index (Phi) is 2.63. The molecule has 0 N–H and O–H groups in total. The fourth-order valence-electron chi connectivity index (χ4n) is 2.38. The van der Waals surface area contributed by atoms with Crippen LogP contribution in [0.3, 0.4) is 0 Å². The van der Waals surface area contributed by atoms with Crippen molar-refractivity contribution in [2.75, 3.05) is 0 Å². The van der Waals surface area contributed by atoms with Crippen LogP contribution in [0.5, 0.6) is 0 Å². The minimum absolute atomic E-state index is 0.145. The first-order chi connectivity index (χ1) is 7.44. The zero-order valence-corrected chi connectivity index (χ0v) is 10.8. The van der Waals surface area contributed by atoms with E-state index in [0.717, 1.165) is 12.1 Å². The number of fused-ring (bicyclic) bond motifs is 1. The highest BCUT2D eigenvalue weighted by Crippen LogP contribution is 2.42. The van der Waals surface area contributed by atoms with Crippen molar-refractivity contribution in [1.29, 1.82) is 0 Å². The first kappa shape index (κ1) is 11.3. The molecule has 0 aromatic rings. The minimum Gasteiger partial charge on any atom is -0.212 e. The summed E-state index contributed by atoms with van der Waals surface area (Å²) >= 11 is 0. The first-order valence-corrected chi connectivity index (χ1v) is 6.07. The van der Waals surface area contributed by atoms with E-state index in [9.17, 15) is 0 Å².